The summed E-state index contributed by atoms with van der Waals surface area (Å²) in [5, 5.41) is 0. The molecule has 1 heterocycles. The zero-order valence-electron chi connectivity index (χ0n) is 17.8. The lowest BCUT2D eigenvalue weighted by Crippen LogP contribution is -2.33. The Morgan fingerprint density at radius 1 is 1.19 bits per heavy atom. The number of rotatable bonds is 10. The molecule has 1 aliphatic carbocycles. The highest BCUT2D eigenvalue weighted by molar-refractivity contribution is 5.94. The number of fused-ring (bicyclic) bond motifs is 1. The van der Waals surface area contributed by atoms with Crippen LogP contribution in [0.3, 0.4) is 0 Å². The zero-order valence-corrected chi connectivity index (χ0v) is 17.8. The minimum atomic E-state index is -0.793. The number of nitrogens with two attached hydrogens (primary N) is 1. The van der Waals surface area contributed by atoms with Crippen molar-refractivity contribution in [1.82, 2.24) is 0 Å². The molecule has 31 heavy (non-hydrogen) atoms. The number of benzene rings is 2. The van der Waals surface area contributed by atoms with E-state index in [1.165, 1.54) is 0 Å². The van der Waals surface area contributed by atoms with Crippen molar-refractivity contribution in [3.8, 4) is 28.4 Å². The van der Waals surface area contributed by atoms with Crippen LogP contribution in [-0.2, 0) is 16.1 Å². The fourth-order valence-electron chi connectivity index (χ4n) is 3.64. The predicted octanol–water partition coefficient (Wildman–Crippen LogP) is 3.85. The summed E-state index contributed by atoms with van der Waals surface area (Å²) in [5.74, 6) is 1.07. The molecule has 2 aromatic carbocycles. The Morgan fingerprint density at radius 3 is 2.65 bits per heavy atom. The Hall–Kier alpha value is -3.22. The number of primary amides is 1. The minimum Gasteiger partial charge on any atom is -0.493 e. The first kappa shape index (κ1) is 21.0. The Morgan fingerprint density at radius 2 is 1.97 bits per heavy atom. The summed E-state index contributed by atoms with van der Waals surface area (Å²) in [6.45, 7) is 2.75. The molecule has 4 rings (SSSR count). The number of carbonyl (C=O) groups is 2. The van der Waals surface area contributed by atoms with Gasteiger partial charge in [-0.05, 0) is 55.0 Å². The zero-order chi connectivity index (χ0) is 22.0. The average Bonchev–Trinajstić information content (AvgIpc) is 3.53. The molecule has 2 aliphatic rings. The smallest absolute Gasteiger partial charge is 0.338 e. The third-order valence-corrected chi connectivity index (χ3v) is 5.58. The van der Waals surface area contributed by atoms with Gasteiger partial charge in [-0.25, -0.2) is 4.79 Å². The van der Waals surface area contributed by atoms with E-state index in [2.05, 4.69) is 0 Å². The second-order valence-corrected chi connectivity index (χ2v) is 7.97. The Bertz CT molecular complexity index is 998. The SMILES string of the molecule is CCCC(Oc1c(-c2ccc3c(c2)COC3=O)ccc(OC)c1OCC1CC1)C(N)=O. The molecule has 0 aromatic heterocycles. The molecule has 1 saturated carbocycles. The topological polar surface area (TPSA) is 97.1 Å². The van der Waals surface area contributed by atoms with Gasteiger partial charge in [-0.1, -0.05) is 19.4 Å². The van der Waals surface area contributed by atoms with Gasteiger partial charge in [0.15, 0.2) is 17.6 Å². The van der Waals surface area contributed by atoms with Crippen molar-refractivity contribution < 1.29 is 28.5 Å². The standard InChI is InChI=1S/C24H27NO6/c1-3-4-20(23(25)26)31-21-17(15-7-8-18-16(11-15)13-30-24(18)27)9-10-19(28-2)22(21)29-12-14-5-6-14/h7-11,14,20H,3-6,12-13H2,1-2H3,(H2,25,26). The maximum absolute atomic E-state index is 12.0. The Kier molecular flexibility index (Phi) is 6.02. The van der Waals surface area contributed by atoms with Gasteiger partial charge in [-0.3, -0.25) is 4.79 Å². The van der Waals surface area contributed by atoms with Gasteiger partial charge in [0.1, 0.15) is 6.61 Å². The molecule has 7 heteroatoms. The number of carbonyl (C=O) groups excluding carboxylic acids is 2. The first-order valence-corrected chi connectivity index (χ1v) is 10.6. The number of methoxy groups -OCH3 is 1. The minimum absolute atomic E-state index is 0.235. The van der Waals surface area contributed by atoms with Crippen LogP contribution in [0.5, 0.6) is 17.2 Å². The van der Waals surface area contributed by atoms with Gasteiger partial charge < -0.3 is 24.7 Å². The molecule has 0 radical (unpaired) electrons. The molecule has 1 unspecified atom stereocenters. The predicted molar refractivity (Wildman–Crippen MR) is 114 cm³/mol. The van der Waals surface area contributed by atoms with Crippen molar-refractivity contribution in [3.63, 3.8) is 0 Å². The highest BCUT2D eigenvalue weighted by Gasteiger charge is 2.28. The number of cyclic esters (lactones) is 1. The maximum Gasteiger partial charge on any atom is 0.338 e. The van der Waals surface area contributed by atoms with Gasteiger partial charge in [-0.15, -0.1) is 0 Å². The van der Waals surface area contributed by atoms with E-state index >= 15 is 0 Å². The van der Waals surface area contributed by atoms with E-state index in [1.54, 1.807) is 13.2 Å². The van der Waals surface area contributed by atoms with Crippen LogP contribution in [0.25, 0.3) is 11.1 Å². The van der Waals surface area contributed by atoms with Gasteiger partial charge >= 0.3 is 5.97 Å². The van der Waals surface area contributed by atoms with Gasteiger partial charge in [0.05, 0.1) is 19.3 Å². The fraction of sp³-hybridized carbons (Fsp3) is 0.417. The summed E-state index contributed by atoms with van der Waals surface area (Å²) in [6.07, 6.45) is 2.70. The number of esters is 1. The number of amides is 1. The summed E-state index contributed by atoms with van der Waals surface area (Å²) >= 11 is 0. The first-order valence-electron chi connectivity index (χ1n) is 10.6. The third-order valence-electron chi connectivity index (χ3n) is 5.58. The summed E-state index contributed by atoms with van der Waals surface area (Å²) in [4.78, 5) is 23.9. The molecule has 2 aromatic rings. The number of hydrogen-bond acceptors (Lipinski definition) is 6. The molecule has 1 atom stereocenters. The number of hydrogen-bond donors (Lipinski definition) is 1. The van der Waals surface area contributed by atoms with Gasteiger partial charge in [-0.2, -0.15) is 0 Å². The fourth-order valence-corrected chi connectivity index (χ4v) is 3.64. The third kappa shape index (κ3) is 4.45. The van der Waals surface area contributed by atoms with E-state index in [4.69, 9.17) is 24.7 Å². The van der Waals surface area contributed by atoms with Crippen molar-refractivity contribution in [2.45, 2.75) is 45.3 Å². The Balaban J connectivity index is 1.80. The first-order chi connectivity index (χ1) is 15.0. The molecule has 164 valence electrons. The highest BCUT2D eigenvalue weighted by atomic mass is 16.5. The van der Waals surface area contributed by atoms with Crippen LogP contribution >= 0.6 is 0 Å². The molecule has 0 spiro atoms. The van der Waals surface area contributed by atoms with Gasteiger partial charge in [0.2, 0.25) is 5.75 Å². The lowest BCUT2D eigenvalue weighted by atomic mass is 9.99. The maximum atomic E-state index is 12.0. The highest BCUT2D eigenvalue weighted by Crippen LogP contribution is 2.46. The largest absolute Gasteiger partial charge is 0.493 e. The molecule has 7 nitrogen and oxygen atoms in total. The summed E-state index contributed by atoms with van der Waals surface area (Å²) in [5.41, 5.74) is 8.54. The lowest BCUT2D eigenvalue weighted by Gasteiger charge is -2.23. The van der Waals surface area contributed by atoms with Crippen LogP contribution in [0, 0.1) is 5.92 Å². The lowest BCUT2D eigenvalue weighted by molar-refractivity contribution is -0.125. The molecule has 0 bridgehead atoms. The summed E-state index contributed by atoms with van der Waals surface area (Å²) in [6, 6.07) is 9.17. The molecule has 1 amide bonds. The second-order valence-electron chi connectivity index (χ2n) is 7.97. The molecular formula is C24H27NO6. The van der Waals surface area contributed by atoms with Crippen molar-refractivity contribution >= 4 is 11.9 Å². The normalized spacial score (nSPS) is 15.7. The van der Waals surface area contributed by atoms with Crippen LogP contribution in [0.4, 0.5) is 0 Å². The quantitative estimate of drug-likeness (QED) is 0.581. The molecular weight excluding hydrogens is 398 g/mol. The van der Waals surface area contributed by atoms with E-state index in [0.29, 0.717) is 41.8 Å². The van der Waals surface area contributed by atoms with E-state index in [9.17, 15) is 9.59 Å². The average molecular weight is 425 g/mol. The van der Waals surface area contributed by atoms with E-state index < -0.39 is 12.0 Å². The molecule has 2 N–H and O–H groups in total. The summed E-state index contributed by atoms with van der Waals surface area (Å²) in [7, 11) is 1.57. The molecule has 1 aliphatic heterocycles. The van der Waals surface area contributed by atoms with Crippen molar-refractivity contribution in [2.24, 2.45) is 11.7 Å². The van der Waals surface area contributed by atoms with Crippen molar-refractivity contribution in [2.75, 3.05) is 13.7 Å². The van der Waals surface area contributed by atoms with Gasteiger partial charge in [0.25, 0.3) is 5.91 Å². The van der Waals surface area contributed by atoms with Crippen LogP contribution in [0.2, 0.25) is 0 Å². The monoisotopic (exact) mass is 425 g/mol. The van der Waals surface area contributed by atoms with Crippen molar-refractivity contribution in [1.29, 1.82) is 0 Å². The van der Waals surface area contributed by atoms with Crippen LogP contribution in [0.1, 0.15) is 48.5 Å². The van der Waals surface area contributed by atoms with Crippen LogP contribution in [-0.4, -0.2) is 31.7 Å². The van der Waals surface area contributed by atoms with Gasteiger partial charge in [0, 0.05) is 11.1 Å². The van der Waals surface area contributed by atoms with Crippen LogP contribution in [0.15, 0.2) is 30.3 Å². The van der Waals surface area contributed by atoms with E-state index in [0.717, 1.165) is 36.0 Å². The van der Waals surface area contributed by atoms with Crippen molar-refractivity contribution in [3.05, 3.63) is 41.5 Å². The molecule has 0 saturated heterocycles. The number of ether oxygens (including phenoxy) is 4. The Labute approximate surface area is 181 Å². The van der Waals surface area contributed by atoms with E-state index in [-0.39, 0.29) is 12.6 Å². The summed E-state index contributed by atoms with van der Waals surface area (Å²) < 4.78 is 23.0. The van der Waals surface area contributed by atoms with Crippen LogP contribution < -0.4 is 19.9 Å². The second kappa shape index (κ2) is 8.88. The molecule has 1 fully saturated rings. The van der Waals surface area contributed by atoms with E-state index in [1.807, 2.05) is 31.2 Å².